The van der Waals surface area contributed by atoms with Crippen molar-refractivity contribution < 1.29 is 14.7 Å². The van der Waals surface area contributed by atoms with Crippen molar-refractivity contribution in [3.05, 3.63) is 0 Å². The first-order valence-corrected chi connectivity index (χ1v) is 8.43. The van der Waals surface area contributed by atoms with E-state index in [0.717, 1.165) is 32.1 Å². The molecule has 3 rings (SSSR count). The van der Waals surface area contributed by atoms with E-state index in [1.165, 1.54) is 19.3 Å². The average Bonchev–Trinajstić information content (AvgIpc) is 2.53. The van der Waals surface area contributed by atoms with Crippen molar-refractivity contribution in [1.29, 1.82) is 0 Å². The number of piperazine rings is 1. The average molecular weight is 294 g/mol. The van der Waals surface area contributed by atoms with E-state index in [-0.39, 0.29) is 24.4 Å². The van der Waals surface area contributed by atoms with Crippen LogP contribution in [0.25, 0.3) is 0 Å². The summed E-state index contributed by atoms with van der Waals surface area (Å²) in [7, 11) is 0. The van der Waals surface area contributed by atoms with Crippen LogP contribution in [0, 0.1) is 5.92 Å². The number of piperidine rings is 1. The molecule has 5 nitrogen and oxygen atoms in total. The monoisotopic (exact) mass is 294 g/mol. The third-order valence-corrected chi connectivity index (χ3v) is 5.35. The second-order valence-electron chi connectivity index (χ2n) is 6.78. The van der Waals surface area contributed by atoms with Gasteiger partial charge in [-0.1, -0.05) is 19.3 Å². The second-order valence-corrected chi connectivity index (χ2v) is 6.78. The molecule has 1 N–H and O–H groups in total. The van der Waals surface area contributed by atoms with Crippen LogP contribution in [0.2, 0.25) is 0 Å². The van der Waals surface area contributed by atoms with Gasteiger partial charge in [-0.05, 0) is 38.0 Å². The Morgan fingerprint density at radius 3 is 2.52 bits per heavy atom. The lowest BCUT2D eigenvalue weighted by Gasteiger charge is -2.43. The summed E-state index contributed by atoms with van der Waals surface area (Å²) in [5.41, 5.74) is 0. The molecule has 0 spiro atoms. The Bertz CT molecular complexity index is 406. The first-order chi connectivity index (χ1) is 10.2. The van der Waals surface area contributed by atoms with Crippen LogP contribution in [0.3, 0.4) is 0 Å². The molecule has 0 aromatic rings. The van der Waals surface area contributed by atoms with E-state index in [4.69, 9.17) is 0 Å². The van der Waals surface area contributed by atoms with Gasteiger partial charge in [0.15, 0.2) is 0 Å². The van der Waals surface area contributed by atoms with Crippen LogP contribution in [-0.2, 0) is 9.59 Å². The van der Waals surface area contributed by atoms with Crippen LogP contribution >= 0.6 is 0 Å². The third kappa shape index (κ3) is 3.07. The first kappa shape index (κ1) is 14.8. The molecule has 2 unspecified atom stereocenters. The largest absolute Gasteiger partial charge is 0.391 e. The molecule has 118 valence electrons. The molecule has 0 radical (unpaired) electrons. The Balaban J connectivity index is 1.62. The van der Waals surface area contributed by atoms with Crippen LogP contribution in [0.15, 0.2) is 0 Å². The summed E-state index contributed by atoms with van der Waals surface area (Å²) < 4.78 is 0. The van der Waals surface area contributed by atoms with Crippen LogP contribution < -0.4 is 0 Å². The van der Waals surface area contributed by atoms with E-state index in [1.54, 1.807) is 9.80 Å². The van der Waals surface area contributed by atoms with Gasteiger partial charge in [0.2, 0.25) is 11.8 Å². The van der Waals surface area contributed by atoms with Gasteiger partial charge in [0.05, 0.1) is 12.6 Å². The fourth-order valence-corrected chi connectivity index (χ4v) is 4.08. The molecule has 2 atom stereocenters. The molecule has 21 heavy (non-hydrogen) atoms. The smallest absolute Gasteiger partial charge is 0.245 e. The number of hydrogen-bond donors (Lipinski definition) is 1. The summed E-state index contributed by atoms with van der Waals surface area (Å²) in [5, 5.41) is 10.4. The highest BCUT2D eigenvalue weighted by Gasteiger charge is 2.41. The van der Waals surface area contributed by atoms with E-state index >= 15 is 0 Å². The Morgan fingerprint density at radius 1 is 1.05 bits per heavy atom. The summed E-state index contributed by atoms with van der Waals surface area (Å²) in [5.74, 6) is 0.394. The zero-order valence-electron chi connectivity index (χ0n) is 12.7. The van der Waals surface area contributed by atoms with Crippen molar-refractivity contribution >= 4 is 11.8 Å². The SMILES string of the molecule is O=C1C2CCCCN2C(=O)CN1CC(O)C1CCCCC1. The van der Waals surface area contributed by atoms with E-state index in [1.807, 2.05) is 0 Å². The zero-order chi connectivity index (χ0) is 14.8. The summed E-state index contributed by atoms with van der Waals surface area (Å²) >= 11 is 0. The lowest BCUT2D eigenvalue weighted by Crippen LogP contribution is -2.62. The van der Waals surface area contributed by atoms with Gasteiger partial charge in [-0.15, -0.1) is 0 Å². The van der Waals surface area contributed by atoms with Gasteiger partial charge in [-0.25, -0.2) is 0 Å². The number of hydrogen-bond acceptors (Lipinski definition) is 3. The maximum Gasteiger partial charge on any atom is 0.245 e. The maximum absolute atomic E-state index is 12.5. The molecule has 3 aliphatic rings. The third-order valence-electron chi connectivity index (χ3n) is 5.35. The molecule has 2 saturated heterocycles. The maximum atomic E-state index is 12.5. The molecular formula is C16H26N2O3. The number of aliphatic hydroxyl groups is 1. The number of amides is 2. The van der Waals surface area contributed by atoms with Crippen molar-refractivity contribution in [2.24, 2.45) is 5.92 Å². The lowest BCUT2D eigenvalue weighted by molar-refractivity contribution is -0.159. The Hall–Kier alpha value is -1.10. The minimum Gasteiger partial charge on any atom is -0.391 e. The van der Waals surface area contributed by atoms with Crippen molar-refractivity contribution in [1.82, 2.24) is 9.80 Å². The summed E-state index contributed by atoms with van der Waals surface area (Å²) in [6.07, 6.45) is 8.01. The van der Waals surface area contributed by atoms with Gasteiger partial charge < -0.3 is 14.9 Å². The molecule has 2 heterocycles. The molecule has 3 fully saturated rings. The molecular weight excluding hydrogens is 268 g/mol. The number of nitrogens with zero attached hydrogens (tertiary/aromatic N) is 2. The van der Waals surface area contributed by atoms with Crippen molar-refractivity contribution in [2.75, 3.05) is 19.6 Å². The fourth-order valence-electron chi connectivity index (χ4n) is 4.08. The number of aliphatic hydroxyl groups excluding tert-OH is 1. The van der Waals surface area contributed by atoms with Gasteiger partial charge in [0, 0.05) is 13.1 Å². The standard InChI is InChI=1S/C16H26N2O3/c19-14(12-6-2-1-3-7-12)10-17-11-15(20)18-9-5-4-8-13(18)16(17)21/h12-14,19H,1-11H2. The lowest BCUT2D eigenvalue weighted by atomic mass is 9.85. The second kappa shape index (κ2) is 6.34. The highest BCUT2D eigenvalue weighted by Crippen LogP contribution is 2.28. The summed E-state index contributed by atoms with van der Waals surface area (Å²) in [6, 6.07) is -0.265. The minimum absolute atomic E-state index is 0.0455. The van der Waals surface area contributed by atoms with E-state index in [0.29, 0.717) is 19.0 Å². The molecule has 0 aromatic heterocycles. The summed E-state index contributed by atoms with van der Waals surface area (Å²) in [4.78, 5) is 28.1. The van der Waals surface area contributed by atoms with Gasteiger partial charge in [-0.2, -0.15) is 0 Å². The predicted molar refractivity (Wildman–Crippen MR) is 78.5 cm³/mol. The quantitative estimate of drug-likeness (QED) is 0.849. The first-order valence-electron chi connectivity index (χ1n) is 8.43. The van der Waals surface area contributed by atoms with Gasteiger partial charge in [0.1, 0.15) is 6.04 Å². The predicted octanol–water partition coefficient (Wildman–Crippen LogP) is 1.15. The topological polar surface area (TPSA) is 60.9 Å². The van der Waals surface area contributed by atoms with E-state index in [2.05, 4.69) is 0 Å². The number of β-amino-alcohol motifs (C(OH)–C–C–N with tert-alkyl or cyclic N) is 1. The Kier molecular flexibility index (Phi) is 4.48. The van der Waals surface area contributed by atoms with Crippen LogP contribution in [-0.4, -0.2) is 58.5 Å². The van der Waals surface area contributed by atoms with Gasteiger partial charge >= 0.3 is 0 Å². The minimum atomic E-state index is -0.475. The van der Waals surface area contributed by atoms with Crippen molar-refractivity contribution in [3.8, 4) is 0 Å². The van der Waals surface area contributed by atoms with Gasteiger partial charge in [-0.3, -0.25) is 9.59 Å². The molecule has 0 bridgehead atoms. The number of fused-ring (bicyclic) bond motifs is 1. The van der Waals surface area contributed by atoms with Crippen molar-refractivity contribution in [3.63, 3.8) is 0 Å². The van der Waals surface area contributed by atoms with E-state index in [9.17, 15) is 14.7 Å². The number of carbonyl (C=O) groups is 2. The highest BCUT2D eigenvalue weighted by molar-refractivity contribution is 5.95. The number of rotatable bonds is 3. The normalized spacial score (nSPS) is 29.5. The fraction of sp³-hybridized carbons (Fsp3) is 0.875. The van der Waals surface area contributed by atoms with Crippen LogP contribution in [0.1, 0.15) is 51.4 Å². The van der Waals surface area contributed by atoms with Crippen molar-refractivity contribution in [2.45, 2.75) is 63.5 Å². The molecule has 0 aromatic carbocycles. The Morgan fingerprint density at radius 2 is 1.76 bits per heavy atom. The molecule has 1 aliphatic carbocycles. The Labute approximate surface area is 126 Å². The zero-order valence-corrected chi connectivity index (χ0v) is 12.7. The molecule has 1 saturated carbocycles. The van der Waals surface area contributed by atoms with Crippen LogP contribution in [0.4, 0.5) is 0 Å². The molecule has 2 amide bonds. The van der Waals surface area contributed by atoms with Gasteiger partial charge in [0.25, 0.3) is 0 Å². The highest BCUT2D eigenvalue weighted by atomic mass is 16.3. The summed E-state index contributed by atoms with van der Waals surface area (Å²) in [6.45, 7) is 1.20. The number of carbonyl (C=O) groups excluding carboxylic acids is 2. The molecule has 2 aliphatic heterocycles. The van der Waals surface area contributed by atoms with E-state index < -0.39 is 6.10 Å². The van der Waals surface area contributed by atoms with Crippen LogP contribution in [0.5, 0.6) is 0 Å². The molecule has 5 heteroatoms.